The third-order valence-electron chi connectivity index (χ3n) is 21.4. The van der Waals surface area contributed by atoms with E-state index in [1.807, 2.05) is 408 Å². The van der Waals surface area contributed by atoms with Crippen molar-refractivity contribution in [2.75, 3.05) is 0 Å². The number of hydrogen-bond donors (Lipinski definition) is 0. The first-order chi connectivity index (χ1) is 64.0. The van der Waals surface area contributed by atoms with Crippen LogP contribution < -0.4 is 0 Å². The smallest absolute Gasteiger partial charge is 0.211 e. The van der Waals surface area contributed by atoms with E-state index in [0.717, 1.165) is 179 Å². The van der Waals surface area contributed by atoms with Gasteiger partial charge in [0.2, 0.25) is 5.78 Å². The van der Waals surface area contributed by atoms with Crippen LogP contribution >= 0.6 is 0 Å². The molecule has 0 amide bonds. The maximum Gasteiger partial charge on any atom is 0.211 e. The van der Waals surface area contributed by atoms with Crippen LogP contribution in [0, 0.1) is 62.4 Å². The Kier molecular flexibility index (Phi) is 34.1. The number of carbonyl (C=O) groups is 4. The summed E-state index contributed by atoms with van der Waals surface area (Å²) in [5.74, 6) is 0.227. The Bertz CT molecular complexity index is 6990. The minimum atomic E-state index is 0. The SMILES string of the molecule is Cc1cccc(-c2[c-]cccc2)n1.Cc1cccc(-c2[c-]cccc2)n1.O=C1c2ccccc2-c2c1ccnc2-c1[c-]cccc1.O=C1c2ccccc2-c2ccc(-c3[c-]cccc3)nc21.O=C1c2ccccc2-c2cnc(-c3[c-]cccc3)cc21.O=C1c2ccccc2-c2nc(-c3[c-]cccc3)ccc21.[Ir].[Ir].[Ir].[Ir].[c-]1ccccc1-c1ccccn1.[c-]1ccccc1-c1ccccn1. The third-order valence-corrected chi connectivity index (χ3v) is 21.4. The molecule has 0 saturated heterocycles. The van der Waals surface area contributed by atoms with Crippen molar-refractivity contribution in [3.8, 4) is 135 Å². The molecule has 8 aromatic heterocycles. The minimum absolute atomic E-state index is 0. The Balaban J connectivity index is 0.000000131. The predicted octanol–water partition coefficient (Wildman–Crippen LogP) is 25.8. The van der Waals surface area contributed by atoms with Crippen LogP contribution in [0.3, 0.4) is 0 Å². The summed E-state index contributed by atoms with van der Waals surface area (Å²) in [4.78, 5) is 85.0. The fourth-order valence-electron chi connectivity index (χ4n) is 15.2. The maximum absolute atomic E-state index is 12.4. The number of carbonyl (C=O) groups excluding carboxylic acids is 4. The first-order valence-electron chi connectivity index (χ1n) is 42.1. The first-order valence-corrected chi connectivity index (χ1v) is 42.1. The van der Waals surface area contributed by atoms with Gasteiger partial charge in [-0.25, -0.2) is 0 Å². The molecular weight excluding hydrogens is 2360 g/mol. The molecule has 0 atom stereocenters. The molecule has 24 rings (SSSR count). The standard InChI is InChI=1S/4C18H10NO.2C12H10N.2C11H8N.4Ir/c20-18-14-9-5-4-8-13(14)16-11-19-17(10-15(16)18)12-6-2-1-3-7-12;20-18-15-9-5-4-8-13(15)14-10-11-16(19-17(14)18)12-6-2-1-3-7-12;20-18-14-9-5-4-8-13(14)16-15(18)10-11-19-17(16)12-6-2-1-3-7-12;20-18-14-9-5-4-8-13(14)17-15(18)10-11-16(19-17)12-6-2-1-3-7-12;2*1-10-6-5-9-12(13-10)11-7-3-2-4-8-11;2*1-2-6-10(7-3-1)11-8-4-5-9-12-11;;;;/h4*1-6,8-11H;2*2-7,9H,1H3;2*1-6,8-9H;;;;/q8*-1;;;;. The second kappa shape index (κ2) is 47.3. The van der Waals surface area contributed by atoms with Crippen LogP contribution in [0.1, 0.15) is 75.2 Å². The summed E-state index contributed by atoms with van der Waals surface area (Å²) in [5.41, 5.74) is 30.1. The predicted molar refractivity (Wildman–Crippen MR) is 513 cm³/mol. The molecule has 20 aromatic rings. The van der Waals surface area contributed by atoms with Crippen molar-refractivity contribution in [1.29, 1.82) is 0 Å². The van der Waals surface area contributed by atoms with E-state index in [4.69, 9.17) is 0 Å². The van der Waals surface area contributed by atoms with E-state index in [1.165, 1.54) is 0 Å². The first kappa shape index (κ1) is 96.7. The molecule has 4 aliphatic carbocycles. The number of nitrogens with zero attached hydrogens (tertiary/aromatic N) is 8. The Morgan fingerprint density at radius 1 is 0.187 bits per heavy atom. The monoisotopic (exact) mass is 2440 g/mol. The van der Waals surface area contributed by atoms with E-state index in [9.17, 15) is 19.2 Å². The van der Waals surface area contributed by atoms with Gasteiger partial charge in [-0.05, 0) is 112 Å². The summed E-state index contributed by atoms with van der Waals surface area (Å²) in [6, 6.07) is 153. The molecule has 134 heavy (non-hydrogen) atoms. The topological polar surface area (TPSA) is 171 Å². The Morgan fingerprint density at radius 2 is 0.507 bits per heavy atom. The summed E-state index contributed by atoms with van der Waals surface area (Å²) in [6.07, 6.45) is 7.06. The van der Waals surface area contributed by atoms with Gasteiger partial charge in [-0.3, -0.25) is 29.1 Å². The molecule has 0 bridgehead atoms. The molecule has 0 unspecified atom stereocenters. The van der Waals surface area contributed by atoms with Crippen molar-refractivity contribution >= 4 is 23.1 Å². The molecule has 4 radical (unpaired) electrons. The fourth-order valence-corrected chi connectivity index (χ4v) is 15.2. The zero-order chi connectivity index (χ0) is 88.8. The van der Waals surface area contributed by atoms with Crippen LogP contribution in [0.2, 0.25) is 0 Å². The minimum Gasteiger partial charge on any atom is -0.305 e. The van der Waals surface area contributed by atoms with Gasteiger partial charge in [-0.2, -0.15) is 0 Å². The van der Waals surface area contributed by atoms with Gasteiger partial charge in [-0.1, -0.05) is 176 Å². The van der Waals surface area contributed by atoms with Gasteiger partial charge in [0.25, 0.3) is 0 Å². The zero-order valence-electron chi connectivity index (χ0n) is 72.0. The number of aromatic nitrogens is 8. The third kappa shape index (κ3) is 23.0. The van der Waals surface area contributed by atoms with Gasteiger partial charge in [-0.15, -0.1) is 287 Å². The average Bonchev–Trinajstić information content (AvgIpc) is 1.63. The summed E-state index contributed by atoms with van der Waals surface area (Å²) in [6.45, 7) is 3.98. The normalized spacial score (nSPS) is 10.9. The summed E-state index contributed by atoms with van der Waals surface area (Å²) in [5, 5.41) is 0. The number of benzene rings is 12. The van der Waals surface area contributed by atoms with Gasteiger partial charge in [0.15, 0.2) is 17.3 Å². The van der Waals surface area contributed by atoms with Crippen LogP contribution in [-0.4, -0.2) is 63.0 Å². The Labute approximate surface area is 833 Å². The second-order valence-corrected chi connectivity index (χ2v) is 29.8. The van der Waals surface area contributed by atoms with E-state index >= 15 is 0 Å². The van der Waals surface area contributed by atoms with Crippen LogP contribution in [0.25, 0.3) is 135 Å². The van der Waals surface area contributed by atoms with Crippen molar-refractivity contribution in [3.05, 3.63) is 530 Å². The summed E-state index contributed by atoms with van der Waals surface area (Å²) >= 11 is 0. The summed E-state index contributed by atoms with van der Waals surface area (Å²) in [7, 11) is 0. The van der Waals surface area contributed by atoms with Crippen LogP contribution in [0.4, 0.5) is 0 Å². The molecule has 8 heterocycles. The van der Waals surface area contributed by atoms with Gasteiger partial charge >= 0.3 is 0 Å². The quantitative estimate of drug-likeness (QED) is 0.132. The van der Waals surface area contributed by atoms with E-state index in [1.54, 1.807) is 30.9 Å². The maximum atomic E-state index is 12.4. The van der Waals surface area contributed by atoms with E-state index in [0.29, 0.717) is 11.3 Å². The second-order valence-electron chi connectivity index (χ2n) is 29.8. The molecule has 0 N–H and O–H groups in total. The number of ketones is 4. The number of fused-ring (bicyclic) bond motifs is 12. The molecule has 0 fully saturated rings. The Hall–Kier alpha value is -14.9. The molecule has 4 aliphatic rings. The van der Waals surface area contributed by atoms with Crippen molar-refractivity contribution in [2.24, 2.45) is 0 Å². The fraction of sp³-hybridized carbons (Fsp3) is 0.0169. The molecular formula is C118H76Ir4N8O4-8. The van der Waals surface area contributed by atoms with E-state index in [-0.39, 0.29) is 104 Å². The largest absolute Gasteiger partial charge is 0.305 e. The molecule has 12 aromatic carbocycles. The number of pyridine rings is 8. The molecule has 0 saturated carbocycles. The van der Waals surface area contributed by atoms with Crippen molar-refractivity contribution in [2.45, 2.75) is 13.8 Å². The van der Waals surface area contributed by atoms with Crippen LogP contribution in [-0.2, 0) is 80.4 Å². The van der Waals surface area contributed by atoms with E-state index < -0.39 is 0 Å². The van der Waals surface area contributed by atoms with Crippen LogP contribution in [0.15, 0.2) is 425 Å². The van der Waals surface area contributed by atoms with Crippen LogP contribution in [0.5, 0.6) is 0 Å². The van der Waals surface area contributed by atoms with Gasteiger partial charge in [0.05, 0.1) is 5.69 Å². The average molecular weight is 2440 g/mol. The molecule has 0 spiro atoms. The number of rotatable bonds is 8. The van der Waals surface area contributed by atoms with Gasteiger partial charge in [0.1, 0.15) is 5.69 Å². The molecule has 16 heteroatoms. The molecule has 656 valence electrons. The summed E-state index contributed by atoms with van der Waals surface area (Å²) < 4.78 is 0. The molecule has 0 aliphatic heterocycles. The van der Waals surface area contributed by atoms with Gasteiger partial charge in [0, 0.05) is 172 Å². The number of hydrogen-bond acceptors (Lipinski definition) is 12. The van der Waals surface area contributed by atoms with Crippen molar-refractivity contribution < 1.29 is 99.6 Å². The number of aryl methyl sites for hydroxylation is 2. The molecule has 12 nitrogen and oxygen atoms in total. The van der Waals surface area contributed by atoms with Crippen molar-refractivity contribution in [1.82, 2.24) is 39.9 Å². The van der Waals surface area contributed by atoms with Crippen molar-refractivity contribution in [3.63, 3.8) is 0 Å². The van der Waals surface area contributed by atoms with Gasteiger partial charge < -0.3 is 29.9 Å². The zero-order valence-corrected chi connectivity index (χ0v) is 81.5. The van der Waals surface area contributed by atoms with E-state index in [2.05, 4.69) is 88.4 Å². The Morgan fingerprint density at radius 3 is 0.925 bits per heavy atom.